The second kappa shape index (κ2) is 7.67. The Bertz CT molecular complexity index is 1300. The van der Waals surface area contributed by atoms with Crippen molar-refractivity contribution in [2.24, 2.45) is 0 Å². The van der Waals surface area contributed by atoms with Gasteiger partial charge in [-0.25, -0.2) is 18.7 Å². The lowest BCUT2D eigenvalue weighted by atomic mass is 10.1. The number of halogens is 1. The molecule has 29 heavy (non-hydrogen) atoms. The molecule has 8 heteroatoms. The molecule has 2 heterocycles. The van der Waals surface area contributed by atoms with Crippen molar-refractivity contribution in [3.8, 4) is 5.69 Å². The van der Waals surface area contributed by atoms with Gasteiger partial charge in [0.2, 0.25) is 5.95 Å². The van der Waals surface area contributed by atoms with Crippen molar-refractivity contribution < 1.29 is 4.39 Å². The lowest BCUT2D eigenvalue weighted by Crippen LogP contribution is -2.34. The summed E-state index contributed by atoms with van der Waals surface area (Å²) in [6.07, 6.45) is 2.04. The van der Waals surface area contributed by atoms with E-state index in [2.05, 4.69) is 20.3 Å². The van der Waals surface area contributed by atoms with E-state index in [4.69, 9.17) is 0 Å². The molecular formula is C21H18FN5O2. The number of aryl methyl sites for hydroxylation is 1. The summed E-state index contributed by atoms with van der Waals surface area (Å²) in [7, 11) is 0. The van der Waals surface area contributed by atoms with Crippen LogP contribution in [0.3, 0.4) is 0 Å². The first-order valence-electron chi connectivity index (χ1n) is 9.09. The predicted molar refractivity (Wildman–Crippen MR) is 109 cm³/mol. The number of hydrogen-bond donors (Lipinski definition) is 2. The van der Waals surface area contributed by atoms with Gasteiger partial charge in [0.1, 0.15) is 11.2 Å². The Morgan fingerprint density at radius 1 is 1.14 bits per heavy atom. The number of nitrogens with one attached hydrogen (secondary N) is 2. The van der Waals surface area contributed by atoms with Crippen LogP contribution in [0.15, 0.2) is 64.3 Å². The molecule has 0 spiro atoms. The van der Waals surface area contributed by atoms with Crippen molar-refractivity contribution in [2.75, 3.05) is 11.9 Å². The van der Waals surface area contributed by atoms with E-state index in [-0.39, 0.29) is 16.9 Å². The third kappa shape index (κ3) is 3.91. The van der Waals surface area contributed by atoms with Crippen LogP contribution in [0.4, 0.5) is 10.3 Å². The largest absolute Gasteiger partial charge is 0.354 e. The van der Waals surface area contributed by atoms with E-state index in [0.717, 1.165) is 15.7 Å². The Kier molecular flexibility index (Phi) is 4.90. The first kappa shape index (κ1) is 18.5. The van der Waals surface area contributed by atoms with Crippen LogP contribution in [0.1, 0.15) is 11.1 Å². The zero-order chi connectivity index (χ0) is 20.4. The number of aromatic nitrogens is 4. The molecule has 0 saturated heterocycles. The van der Waals surface area contributed by atoms with Gasteiger partial charge in [0.05, 0.1) is 5.69 Å². The van der Waals surface area contributed by atoms with Gasteiger partial charge >= 0.3 is 5.69 Å². The van der Waals surface area contributed by atoms with Gasteiger partial charge in [-0.15, -0.1) is 0 Å². The van der Waals surface area contributed by atoms with Crippen molar-refractivity contribution in [1.82, 2.24) is 19.5 Å². The number of fused-ring (bicyclic) bond motifs is 1. The van der Waals surface area contributed by atoms with Crippen LogP contribution < -0.4 is 16.6 Å². The smallest absolute Gasteiger partial charge is 0.334 e. The maximum atomic E-state index is 13.0. The van der Waals surface area contributed by atoms with E-state index in [0.29, 0.717) is 24.6 Å². The predicted octanol–water partition coefficient (Wildman–Crippen LogP) is 2.57. The van der Waals surface area contributed by atoms with E-state index in [1.165, 1.54) is 18.3 Å². The molecule has 0 aliphatic rings. The van der Waals surface area contributed by atoms with E-state index in [9.17, 15) is 14.0 Å². The van der Waals surface area contributed by atoms with Crippen molar-refractivity contribution in [3.05, 3.63) is 92.5 Å². The molecule has 0 atom stereocenters. The van der Waals surface area contributed by atoms with Gasteiger partial charge < -0.3 is 5.32 Å². The third-order valence-electron chi connectivity index (χ3n) is 4.52. The van der Waals surface area contributed by atoms with Gasteiger partial charge in [0, 0.05) is 12.7 Å². The van der Waals surface area contributed by atoms with Crippen LogP contribution >= 0.6 is 0 Å². The van der Waals surface area contributed by atoms with Crippen LogP contribution in [0, 0.1) is 12.7 Å². The fourth-order valence-electron chi connectivity index (χ4n) is 3.06. The normalized spacial score (nSPS) is 11.0. The Morgan fingerprint density at radius 3 is 2.69 bits per heavy atom. The Hall–Kier alpha value is -3.81. The zero-order valence-electron chi connectivity index (χ0n) is 15.6. The van der Waals surface area contributed by atoms with Crippen LogP contribution in [0.25, 0.3) is 16.7 Å². The van der Waals surface area contributed by atoms with Crippen molar-refractivity contribution in [3.63, 3.8) is 0 Å². The monoisotopic (exact) mass is 391 g/mol. The minimum absolute atomic E-state index is 0.170. The van der Waals surface area contributed by atoms with E-state index in [1.807, 2.05) is 13.0 Å². The maximum absolute atomic E-state index is 13.0. The van der Waals surface area contributed by atoms with E-state index in [1.54, 1.807) is 30.3 Å². The first-order chi connectivity index (χ1) is 14.0. The number of rotatable bonds is 5. The van der Waals surface area contributed by atoms with Crippen LogP contribution in [-0.4, -0.2) is 26.1 Å². The fraction of sp³-hybridized carbons (Fsp3) is 0.143. The summed E-state index contributed by atoms with van der Waals surface area (Å²) in [6.45, 7) is 2.40. The van der Waals surface area contributed by atoms with Crippen molar-refractivity contribution in [2.45, 2.75) is 13.3 Å². The summed E-state index contributed by atoms with van der Waals surface area (Å²) < 4.78 is 14.0. The molecule has 0 saturated carbocycles. The summed E-state index contributed by atoms with van der Waals surface area (Å²) in [5.74, 6) is 0.0165. The lowest BCUT2D eigenvalue weighted by molar-refractivity contribution is 0.627. The second-order valence-corrected chi connectivity index (χ2v) is 6.67. The van der Waals surface area contributed by atoms with Crippen LogP contribution in [0.2, 0.25) is 0 Å². The summed E-state index contributed by atoms with van der Waals surface area (Å²) in [6, 6.07) is 13.4. The van der Waals surface area contributed by atoms with Crippen molar-refractivity contribution in [1.29, 1.82) is 0 Å². The Balaban J connectivity index is 1.60. The standard InChI is InChI=1S/C21H18FN5O2/c1-13-3-2-4-16(11-13)27-19(28)17-12-24-20(25-18(17)26-21(27)29)23-10-9-14-5-7-15(22)8-6-14/h2-8,11-12H,9-10H2,1H3,(H2,23,24,25,26,29). The summed E-state index contributed by atoms with van der Waals surface area (Å²) in [4.78, 5) is 36.4. The van der Waals surface area contributed by atoms with Crippen LogP contribution in [0.5, 0.6) is 0 Å². The molecule has 0 aliphatic carbocycles. The molecule has 4 aromatic rings. The van der Waals surface area contributed by atoms with Crippen LogP contribution in [-0.2, 0) is 6.42 Å². The molecule has 2 aromatic heterocycles. The lowest BCUT2D eigenvalue weighted by Gasteiger charge is -2.08. The quantitative estimate of drug-likeness (QED) is 0.546. The molecule has 0 aliphatic heterocycles. The number of anilines is 1. The first-order valence-corrected chi connectivity index (χ1v) is 9.09. The second-order valence-electron chi connectivity index (χ2n) is 6.67. The highest BCUT2D eigenvalue weighted by atomic mass is 19.1. The highest BCUT2D eigenvalue weighted by Crippen LogP contribution is 2.09. The molecule has 0 radical (unpaired) electrons. The number of H-pyrrole nitrogens is 1. The third-order valence-corrected chi connectivity index (χ3v) is 4.52. The molecule has 2 aromatic carbocycles. The number of nitrogens with zero attached hydrogens (tertiary/aromatic N) is 3. The summed E-state index contributed by atoms with van der Waals surface area (Å²) in [5, 5.41) is 3.26. The molecule has 2 N–H and O–H groups in total. The van der Waals surface area contributed by atoms with Gasteiger partial charge in [0.25, 0.3) is 5.56 Å². The maximum Gasteiger partial charge on any atom is 0.334 e. The van der Waals surface area contributed by atoms with Gasteiger partial charge in [-0.2, -0.15) is 4.98 Å². The molecular weight excluding hydrogens is 373 g/mol. The highest BCUT2D eigenvalue weighted by molar-refractivity contribution is 5.73. The SMILES string of the molecule is Cc1cccc(-n2c(=O)[nH]c3nc(NCCc4ccc(F)cc4)ncc3c2=O)c1. The van der Waals surface area contributed by atoms with Gasteiger partial charge in [-0.1, -0.05) is 24.3 Å². The highest BCUT2D eigenvalue weighted by Gasteiger charge is 2.12. The molecule has 0 amide bonds. The van der Waals surface area contributed by atoms with Gasteiger partial charge in [0.15, 0.2) is 5.65 Å². The van der Waals surface area contributed by atoms with Gasteiger partial charge in [-0.05, 0) is 48.7 Å². The molecule has 146 valence electrons. The summed E-state index contributed by atoms with van der Waals surface area (Å²) >= 11 is 0. The number of aromatic amines is 1. The number of hydrogen-bond acceptors (Lipinski definition) is 5. The average molecular weight is 391 g/mol. The average Bonchev–Trinajstić information content (AvgIpc) is 2.69. The minimum atomic E-state index is -0.566. The number of benzene rings is 2. The van der Waals surface area contributed by atoms with E-state index >= 15 is 0 Å². The van der Waals surface area contributed by atoms with Gasteiger partial charge in [-0.3, -0.25) is 9.78 Å². The van der Waals surface area contributed by atoms with Crippen molar-refractivity contribution >= 4 is 17.0 Å². The zero-order valence-corrected chi connectivity index (χ0v) is 15.6. The summed E-state index contributed by atoms with van der Waals surface area (Å²) in [5.41, 5.74) is 1.51. The molecule has 0 bridgehead atoms. The molecule has 7 nitrogen and oxygen atoms in total. The minimum Gasteiger partial charge on any atom is -0.354 e. The Labute approximate surface area is 164 Å². The van der Waals surface area contributed by atoms with E-state index < -0.39 is 11.2 Å². The fourth-order valence-corrected chi connectivity index (χ4v) is 3.06. The Morgan fingerprint density at radius 2 is 1.93 bits per heavy atom. The topological polar surface area (TPSA) is 92.7 Å². The molecule has 0 unspecified atom stereocenters. The molecule has 4 rings (SSSR count). The molecule has 0 fully saturated rings.